The smallest absolute Gasteiger partial charge is 0.142 e. The highest BCUT2D eigenvalue weighted by molar-refractivity contribution is 5.82. The van der Waals surface area contributed by atoms with Crippen molar-refractivity contribution < 1.29 is 13.9 Å². The van der Waals surface area contributed by atoms with Crippen molar-refractivity contribution in [1.29, 1.82) is 5.26 Å². The maximum atomic E-state index is 13.4. The van der Waals surface area contributed by atoms with Gasteiger partial charge in [-0.1, -0.05) is 0 Å². The Hall–Kier alpha value is -2.65. The summed E-state index contributed by atoms with van der Waals surface area (Å²) in [6, 6.07) is 6.27. The van der Waals surface area contributed by atoms with Crippen LogP contribution in [0.1, 0.15) is 16.8 Å². The fourth-order valence-corrected chi connectivity index (χ4v) is 2.68. The molecule has 0 radical (unpaired) electrons. The molecule has 1 aromatic heterocycles. The molecule has 1 aromatic carbocycles. The second-order valence-electron chi connectivity index (χ2n) is 4.93. The van der Waals surface area contributed by atoms with Gasteiger partial charge in [0.25, 0.3) is 0 Å². The van der Waals surface area contributed by atoms with Gasteiger partial charge in [0, 0.05) is 29.2 Å². The molecular formula is C16H14FN3O2. The van der Waals surface area contributed by atoms with E-state index in [4.69, 9.17) is 15.2 Å². The Bertz CT molecular complexity index is 784. The Labute approximate surface area is 127 Å². The summed E-state index contributed by atoms with van der Waals surface area (Å²) in [4.78, 5) is 4.30. The molecule has 0 saturated heterocycles. The van der Waals surface area contributed by atoms with E-state index in [1.807, 2.05) is 0 Å². The molecule has 2 aromatic rings. The minimum atomic E-state index is -0.411. The molecule has 0 saturated carbocycles. The van der Waals surface area contributed by atoms with Crippen LogP contribution in [0, 0.1) is 17.1 Å². The maximum Gasteiger partial charge on any atom is 0.142 e. The number of pyridine rings is 1. The SMILES string of the molecule is COc1cc(F)ccc1-c1c(C#N)c(N)nc2c1COCC2. The average Bonchev–Trinajstić information content (AvgIpc) is 2.53. The lowest BCUT2D eigenvalue weighted by Crippen LogP contribution is -2.16. The quantitative estimate of drug-likeness (QED) is 0.921. The fourth-order valence-electron chi connectivity index (χ4n) is 2.68. The van der Waals surface area contributed by atoms with Crippen molar-refractivity contribution in [3.63, 3.8) is 0 Å². The molecule has 0 bridgehead atoms. The van der Waals surface area contributed by atoms with Crippen LogP contribution in [0.2, 0.25) is 0 Å². The molecule has 0 atom stereocenters. The number of anilines is 1. The predicted octanol–water partition coefficient (Wildman–Crippen LogP) is 2.42. The lowest BCUT2D eigenvalue weighted by atomic mass is 9.92. The van der Waals surface area contributed by atoms with Crippen molar-refractivity contribution in [2.75, 3.05) is 19.5 Å². The van der Waals surface area contributed by atoms with Gasteiger partial charge in [0.15, 0.2) is 0 Å². The third-order valence-electron chi connectivity index (χ3n) is 3.69. The summed E-state index contributed by atoms with van der Waals surface area (Å²) >= 11 is 0. The van der Waals surface area contributed by atoms with Gasteiger partial charge in [0.2, 0.25) is 0 Å². The predicted molar refractivity (Wildman–Crippen MR) is 78.7 cm³/mol. The van der Waals surface area contributed by atoms with Gasteiger partial charge in [-0.3, -0.25) is 0 Å². The molecular weight excluding hydrogens is 285 g/mol. The molecule has 0 unspecified atom stereocenters. The average molecular weight is 299 g/mol. The molecule has 6 heteroatoms. The van der Waals surface area contributed by atoms with Crippen LogP contribution in [0.15, 0.2) is 18.2 Å². The van der Waals surface area contributed by atoms with Crippen molar-refractivity contribution in [1.82, 2.24) is 4.98 Å². The van der Waals surface area contributed by atoms with Crippen molar-refractivity contribution in [3.8, 4) is 22.9 Å². The zero-order valence-electron chi connectivity index (χ0n) is 12.0. The molecule has 22 heavy (non-hydrogen) atoms. The summed E-state index contributed by atoms with van der Waals surface area (Å²) in [5.74, 6) is 0.102. The highest BCUT2D eigenvalue weighted by atomic mass is 19.1. The molecule has 0 fully saturated rings. The van der Waals surface area contributed by atoms with Crippen LogP contribution in [-0.4, -0.2) is 18.7 Å². The second-order valence-corrected chi connectivity index (χ2v) is 4.93. The largest absolute Gasteiger partial charge is 0.496 e. The van der Waals surface area contributed by atoms with Gasteiger partial charge in [-0.15, -0.1) is 0 Å². The minimum absolute atomic E-state index is 0.171. The molecule has 2 N–H and O–H groups in total. The number of methoxy groups -OCH3 is 1. The third-order valence-corrected chi connectivity index (χ3v) is 3.69. The van der Waals surface area contributed by atoms with Gasteiger partial charge in [0.05, 0.1) is 26.0 Å². The molecule has 0 aliphatic carbocycles. The lowest BCUT2D eigenvalue weighted by Gasteiger charge is -2.22. The highest BCUT2D eigenvalue weighted by Gasteiger charge is 2.24. The summed E-state index contributed by atoms with van der Waals surface area (Å²) in [7, 11) is 1.46. The molecule has 2 heterocycles. The fraction of sp³-hybridized carbons (Fsp3) is 0.250. The van der Waals surface area contributed by atoms with Gasteiger partial charge < -0.3 is 15.2 Å². The van der Waals surface area contributed by atoms with Gasteiger partial charge in [-0.25, -0.2) is 9.37 Å². The van der Waals surface area contributed by atoms with Gasteiger partial charge in [-0.2, -0.15) is 5.26 Å². The summed E-state index contributed by atoms with van der Waals surface area (Å²) in [5, 5.41) is 9.45. The number of hydrogen-bond acceptors (Lipinski definition) is 5. The van der Waals surface area contributed by atoms with E-state index in [2.05, 4.69) is 11.1 Å². The molecule has 1 aliphatic rings. The summed E-state index contributed by atoms with van der Waals surface area (Å²) in [6.45, 7) is 0.901. The number of benzene rings is 1. The van der Waals surface area contributed by atoms with Crippen LogP contribution < -0.4 is 10.5 Å². The number of nitriles is 1. The van der Waals surface area contributed by atoms with Gasteiger partial charge >= 0.3 is 0 Å². The van der Waals surface area contributed by atoms with E-state index >= 15 is 0 Å². The van der Waals surface area contributed by atoms with Crippen LogP contribution in [0.5, 0.6) is 5.75 Å². The van der Waals surface area contributed by atoms with E-state index in [1.54, 1.807) is 6.07 Å². The third kappa shape index (κ3) is 2.26. The number of nitrogens with two attached hydrogens (primary N) is 1. The maximum absolute atomic E-state index is 13.4. The Morgan fingerprint density at radius 2 is 2.27 bits per heavy atom. The van der Waals surface area contributed by atoms with Crippen molar-refractivity contribution in [2.45, 2.75) is 13.0 Å². The van der Waals surface area contributed by atoms with Crippen LogP contribution >= 0.6 is 0 Å². The first-order chi connectivity index (χ1) is 10.7. The second kappa shape index (κ2) is 5.62. The highest BCUT2D eigenvalue weighted by Crippen LogP contribution is 2.39. The number of aromatic nitrogens is 1. The van der Waals surface area contributed by atoms with E-state index in [0.717, 1.165) is 11.3 Å². The van der Waals surface area contributed by atoms with E-state index in [9.17, 15) is 9.65 Å². The number of nitrogens with zero attached hydrogens (tertiary/aromatic N) is 2. The Morgan fingerprint density at radius 3 is 3.00 bits per heavy atom. The number of hydrogen-bond donors (Lipinski definition) is 1. The Balaban J connectivity index is 2.35. The summed E-state index contributed by atoms with van der Waals surface area (Å²) in [5.41, 5.74) is 9.02. The minimum Gasteiger partial charge on any atom is -0.496 e. The Kier molecular flexibility index (Phi) is 3.65. The molecule has 0 amide bonds. The van der Waals surface area contributed by atoms with Crippen molar-refractivity contribution >= 4 is 5.82 Å². The van der Waals surface area contributed by atoms with Crippen LogP contribution in [0.3, 0.4) is 0 Å². The zero-order chi connectivity index (χ0) is 15.7. The summed E-state index contributed by atoms with van der Waals surface area (Å²) in [6.07, 6.45) is 0.627. The van der Waals surface area contributed by atoms with Crippen LogP contribution in [-0.2, 0) is 17.8 Å². The zero-order valence-corrected chi connectivity index (χ0v) is 12.0. The number of halogens is 1. The van der Waals surface area contributed by atoms with Crippen LogP contribution in [0.25, 0.3) is 11.1 Å². The Morgan fingerprint density at radius 1 is 1.45 bits per heavy atom. The van der Waals surface area contributed by atoms with Gasteiger partial charge in [-0.05, 0) is 12.1 Å². The normalized spacial score (nSPS) is 13.3. The number of rotatable bonds is 2. The van der Waals surface area contributed by atoms with Gasteiger partial charge in [0.1, 0.15) is 29.0 Å². The van der Waals surface area contributed by atoms with E-state index in [1.165, 1.54) is 19.2 Å². The molecule has 0 spiro atoms. The number of nitrogen functional groups attached to an aromatic ring is 1. The number of fused-ring (bicyclic) bond motifs is 1. The van der Waals surface area contributed by atoms with E-state index in [0.29, 0.717) is 36.5 Å². The molecule has 1 aliphatic heterocycles. The van der Waals surface area contributed by atoms with E-state index in [-0.39, 0.29) is 11.4 Å². The topological polar surface area (TPSA) is 81.2 Å². The molecule has 3 rings (SSSR count). The summed E-state index contributed by atoms with van der Waals surface area (Å²) < 4.78 is 24.2. The van der Waals surface area contributed by atoms with Crippen molar-refractivity contribution in [3.05, 3.63) is 40.8 Å². The first kappa shape index (κ1) is 14.3. The van der Waals surface area contributed by atoms with E-state index < -0.39 is 5.82 Å². The first-order valence-electron chi connectivity index (χ1n) is 6.78. The molecule has 5 nitrogen and oxygen atoms in total. The van der Waals surface area contributed by atoms with Crippen LogP contribution in [0.4, 0.5) is 10.2 Å². The monoisotopic (exact) mass is 299 g/mol. The standard InChI is InChI=1S/C16H14FN3O2/c1-21-14-6-9(17)2-3-10(14)15-11(7-18)16(19)20-13-4-5-22-8-12(13)15/h2-3,6H,4-5,8H2,1H3,(H2,19,20). The molecule has 112 valence electrons. The first-order valence-corrected chi connectivity index (χ1v) is 6.78. The van der Waals surface area contributed by atoms with Crippen molar-refractivity contribution in [2.24, 2.45) is 0 Å². The lowest BCUT2D eigenvalue weighted by molar-refractivity contribution is 0.109. The number of ether oxygens (including phenoxy) is 2.